The first-order valence-electron chi connectivity index (χ1n) is 4.20. The van der Waals surface area contributed by atoms with Gasteiger partial charge in [-0.3, -0.25) is 0 Å². The molecule has 0 saturated carbocycles. The first-order valence-corrected chi connectivity index (χ1v) is 4.20. The number of rotatable bonds is 2. The topological polar surface area (TPSA) is 46.2 Å². The molecular weight excluding hydrogens is 138 g/mol. The molecule has 0 amide bonds. The van der Waals surface area contributed by atoms with Gasteiger partial charge in [0.05, 0.1) is 6.10 Å². The summed E-state index contributed by atoms with van der Waals surface area (Å²) in [5.41, 5.74) is 5.69. The average Bonchev–Trinajstić information content (AvgIpc) is 1.82. The Labute approximate surface area is 69.8 Å². The highest BCUT2D eigenvalue weighted by atomic mass is 16.3. The minimum atomic E-state index is -0.414. The Morgan fingerprint density at radius 3 is 1.64 bits per heavy atom. The molecule has 0 spiro atoms. The number of aliphatic hydroxyl groups excluding tert-OH is 1. The van der Waals surface area contributed by atoms with Crippen LogP contribution in [-0.4, -0.2) is 17.3 Å². The first kappa shape index (κ1) is 10.9. The van der Waals surface area contributed by atoms with Crippen molar-refractivity contribution in [2.75, 3.05) is 0 Å². The molecule has 0 aliphatic heterocycles. The normalized spacial score (nSPS) is 18.5. The van der Waals surface area contributed by atoms with Crippen molar-refractivity contribution in [3.8, 4) is 0 Å². The maximum absolute atomic E-state index is 9.70. The fourth-order valence-electron chi connectivity index (χ4n) is 0.942. The lowest BCUT2D eigenvalue weighted by Gasteiger charge is -2.32. The van der Waals surface area contributed by atoms with Crippen molar-refractivity contribution in [1.82, 2.24) is 0 Å². The molecule has 0 fully saturated rings. The van der Waals surface area contributed by atoms with Crippen LogP contribution in [0.3, 0.4) is 0 Å². The van der Waals surface area contributed by atoms with Gasteiger partial charge in [-0.05, 0) is 11.3 Å². The number of aliphatic hydroxyl groups is 1. The van der Waals surface area contributed by atoms with Gasteiger partial charge >= 0.3 is 0 Å². The van der Waals surface area contributed by atoms with E-state index < -0.39 is 6.10 Å². The van der Waals surface area contributed by atoms with E-state index in [1.54, 1.807) is 0 Å². The van der Waals surface area contributed by atoms with Gasteiger partial charge in [-0.15, -0.1) is 0 Å². The van der Waals surface area contributed by atoms with Crippen LogP contribution in [0.25, 0.3) is 0 Å². The Balaban J connectivity index is 4.13. The lowest BCUT2D eigenvalue weighted by Crippen LogP contribution is -2.46. The Hall–Kier alpha value is -0.0800. The number of hydrogen-bond acceptors (Lipinski definition) is 2. The molecule has 0 heterocycles. The van der Waals surface area contributed by atoms with Crippen LogP contribution in [0.1, 0.15) is 34.6 Å². The van der Waals surface area contributed by atoms with Crippen LogP contribution in [0.5, 0.6) is 0 Å². The molecule has 0 radical (unpaired) electrons. The molecule has 0 aromatic rings. The molecule has 2 atom stereocenters. The molecule has 0 aliphatic rings. The average molecular weight is 159 g/mol. The van der Waals surface area contributed by atoms with E-state index in [0.29, 0.717) is 5.92 Å². The molecule has 2 nitrogen and oxygen atoms in total. The standard InChI is InChI=1S/C9H21NO/c1-6(2)7(10)8(11)9(3,4)5/h6-8,11H,10H2,1-5H3/t7-,8+/m1/s1. The van der Waals surface area contributed by atoms with E-state index in [2.05, 4.69) is 0 Å². The van der Waals surface area contributed by atoms with Crippen LogP contribution in [0.2, 0.25) is 0 Å². The summed E-state index contributed by atoms with van der Waals surface area (Å²) in [7, 11) is 0. The van der Waals surface area contributed by atoms with Gasteiger partial charge < -0.3 is 10.8 Å². The van der Waals surface area contributed by atoms with Crippen LogP contribution in [0.15, 0.2) is 0 Å². The third-order valence-electron chi connectivity index (χ3n) is 2.02. The van der Waals surface area contributed by atoms with Gasteiger partial charge in [0.2, 0.25) is 0 Å². The summed E-state index contributed by atoms with van der Waals surface area (Å²) in [5.74, 6) is 0.337. The van der Waals surface area contributed by atoms with Crippen molar-refractivity contribution in [3.05, 3.63) is 0 Å². The summed E-state index contributed by atoms with van der Waals surface area (Å²) in [5, 5.41) is 9.70. The minimum absolute atomic E-state index is 0.107. The third kappa shape index (κ3) is 3.21. The van der Waals surface area contributed by atoms with E-state index in [1.165, 1.54) is 0 Å². The highest BCUT2D eigenvalue weighted by molar-refractivity contribution is 4.83. The molecule has 68 valence electrons. The monoisotopic (exact) mass is 159 g/mol. The molecule has 0 unspecified atom stereocenters. The second kappa shape index (κ2) is 3.55. The van der Waals surface area contributed by atoms with Crippen molar-refractivity contribution < 1.29 is 5.11 Å². The maximum Gasteiger partial charge on any atom is 0.0741 e. The third-order valence-corrected chi connectivity index (χ3v) is 2.02. The van der Waals surface area contributed by atoms with Crippen molar-refractivity contribution in [2.45, 2.75) is 46.8 Å². The summed E-state index contributed by atoms with van der Waals surface area (Å²) in [6.45, 7) is 10.1. The quantitative estimate of drug-likeness (QED) is 0.639. The van der Waals surface area contributed by atoms with Crippen LogP contribution in [0, 0.1) is 11.3 Å². The van der Waals surface area contributed by atoms with Crippen molar-refractivity contribution in [2.24, 2.45) is 17.1 Å². The lowest BCUT2D eigenvalue weighted by atomic mass is 9.81. The van der Waals surface area contributed by atoms with E-state index in [1.807, 2.05) is 34.6 Å². The van der Waals surface area contributed by atoms with Crippen LogP contribution < -0.4 is 5.73 Å². The summed E-state index contributed by atoms with van der Waals surface area (Å²) >= 11 is 0. The summed E-state index contributed by atoms with van der Waals surface area (Å²) in [6.07, 6.45) is -0.414. The summed E-state index contributed by atoms with van der Waals surface area (Å²) in [6, 6.07) is -0.116. The van der Waals surface area contributed by atoms with Crippen molar-refractivity contribution >= 4 is 0 Å². The Morgan fingerprint density at radius 1 is 1.18 bits per heavy atom. The Bertz CT molecular complexity index is 115. The largest absolute Gasteiger partial charge is 0.391 e. The molecule has 2 heteroatoms. The van der Waals surface area contributed by atoms with Gasteiger partial charge in [-0.1, -0.05) is 34.6 Å². The maximum atomic E-state index is 9.70. The molecule has 0 rings (SSSR count). The molecule has 3 N–H and O–H groups in total. The summed E-state index contributed by atoms with van der Waals surface area (Å²) in [4.78, 5) is 0. The second-order valence-corrected chi connectivity index (χ2v) is 4.63. The molecule has 0 bridgehead atoms. The first-order chi connectivity index (χ1) is 4.76. The van der Waals surface area contributed by atoms with Gasteiger partial charge in [0.15, 0.2) is 0 Å². The lowest BCUT2D eigenvalue weighted by molar-refractivity contribution is 0.0276. The molecular formula is C9H21NO. The zero-order valence-electron chi connectivity index (χ0n) is 8.26. The SMILES string of the molecule is CC(C)[C@@H](N)[C@H](O)C(C)(C)C. The number of hydrogen-bond donors (Lipinski definition) is 2. The highest BCUT2D eigenvalue weighted by Gasteiger charge is 2.29. The van der Waals surface area contributed by atoms with Gasteiger partial charge in [0.25, 0.3) is 0 Å². The summed E-state index contributed by atoms with van der Waals surface area (Å²) < 4.78 is 0. The predicted octanol–water partition coefficient (Wildman–Crippen LogP) is 1.38. The van der Waals surface area contributed by atoms with E-state index >= 15 is 0 Å². The second-order valence-electron chi connectivity index (χ2n) is 4.63. The van der Waals surface area contributed by atoms with E-state index in [4.69, 9.17) is 5.73 Å². The zero-order chi connectivity index (χ0) is 9.23. The van der Waals surface area contributed by atoms with Gasteiger partial charge in [0.1, 0.15) is 0 Å². The van der Waals surface area contributed by atoms with Gasteiger partial charge in [-0.2, -0.15) is 0 Å². The molecule has 0 saturated heterocycles. The van der Waals surface area contributed by atoms with E-state index in [9.17, 15) is 5.11 Å². The highest BCUT2D eigenvalue weighted by Crippen LogP contribution is 2.23. The number of nitrogens with two attached hydrogens (primary N) is 1. The zero-order valence-corrected chi connectivity index (χ0v) is 8.26. The molecule has 11 heavy (non-hydrogen) atoms. The smallest absolute Gasteiger partial charge is 0.0741 e. The van der Waals surface area contributed by atoms with Crippen LogP contribution in [-0.2, 0) is 0 Å². The molecule has 0 aromatic carbocycles. The van der Waals surface area contributed by atoms with Crippen LogP contribution in [0.4, 0.5) is 0 Å². The predicted molar refractivity (Wildman–Crippen MR) is 48.3 cm³/mol. The Morgan fingerprint density at radius 2 is 1.55 bits per heavy atom. The fourth-order valence-corrected chi connectivity index (χ4v) is 0.942. The van der Waals surface area contributed by atoms with Gasteiger partial charge in [-0.25, -0.2) is 0 Å². The molecule has 0 aliphatic carbocycles. The van der Waals surface area contributed by atoms with Gasteiger partial charge in [0, 0.05) is 6.04 Å². The van der Waals surface area contributed by atoms with Crippen LogP contribution >= 0.6 is 0 Å². The minimum Gasteiger partial charge on any atom is -0.391 e. The molecule has 0 aromatic heterocycles. The van der Waals surface area contributed by atoms with Crippen molar-refractivity contribution in [3.63, 3.8) is 0 Å². The van der Waals surface area contributed by atoms with E-state index in [-0.39, 0.29) is 11.5 Å². The Kier molecular flexibility index (Phi) is 3.52. The fraction of sp³-hybridized carbons (Fsp3) is 1.00. The van der Waals surface area contributed by atoms with E-state index in [0.717, 1.165) is 0 Å². The van der Waals surface area contributed by atoms with Crippen molar-refractivity contribution in [1.29, 1.82) is 0 Å².